The first-order chi connectivity index (χ1) is 14.0. The Morgan fingerprint density at radius 3 is 2.57 bits per heavy atom. The quantitative estimate of drug-likeness (QED) is 0.460. The average Bonchev–Trinajstić information content (AvgIpc) is 3.14. The number of ether oxygens (including phenoxy) is 1. The second kappa shape index (κ2) is 8.16. The molecular weight excluding hydrogens is 398 g/mol. The lowest BCUT2D eigenvalue weighted by Gasteiger charge is -2.33. The van der Waals surface area contributed by atoms with Crippen molar-refractivity contribution in [2.75, 3.05) is 19.0 Å². The molecule has 0 bridgehead atoms. The molecule has 0 aliphatic carbocycles. The molecule has 3 aromatic rings. The van der Waals surface area contributed by atoms with Crippen LogP contribution in [0.3, 0.4) is 0 Å². The minimum atomic E-state index is -4.43. The average molecular weight is 423 g/mol. The zero-order valence-corrected chi connectivity index (χ0v) is 17.3. The van der Waals surface area contributed by atoms with E-state index >= 15 is 0 Å². The standard InChI is InChI=1S/C22H25F4N3O/c1-13-8-9-18-15(12-28-29-18)19(13)27-11-14(22(24,25)26)10-21(2,3)16-6-5-7-17(23)20(16)30-4/h5-9,12,14,27H,10-11H2,1-4H3,(H,28,29). The van der Waals surface area contributed by atoms with Crippen LogP contribution >= 0.6 is 0 Å². The monoisotopic (exact) mass is 423 g/mol. The third-order valence-electron chi connectivity index (χ3n) is 5.48. The van der Waals surface area contributed by atoms with Crippen molar-refractivity contribution in [2.24, 2.45) is 5.92 Å². The van der Waals surface area contributed by atoms with Crippen molar-refractivity contribution in [3.05, 3.63) is 53.5 Å². The van der Waals surface area contributed by atoms with Gasteiger partial charge in [0.25, 0.3) is 0 Å². The Balaban J connectivity index is 1.88. The van der Waals surface area contributed by atoms with Crippen LogP contribution < -0.4 is 10.1 Å². The minimum Gasteiger partial charge on any atom is -0.493 e. The fourth-order valence-electron chi connectivity index (χ4n) is 3.87. The molecular formula is C22H25F4N3O. The van der Waals surface area contributed by atoms with E-state index in [9.17, 15) is 17.6 Å². The molecule has 3 rings (SSSR count). The summed E-state index contributed by atoms with van der Waals surface area (Å²) in [4.78, 5) is 0. The van der Waals surface area contributed by atoms with Crippen LogP contribution in [0, 0.1) is 18.7 Å². The number of hydrogen-bond donors (Lipinski definition) is 2. The number of methoxy groups -OCH3 is 1. The molecule has 1 heterocycles. The summed E-state index contributed by atoms with van der Waals surface area (Å²) < 4.78 is 61.0. The fourth-order valence-corrected chi connectivity index (χ4v) is 3.87. The van der Waals surface area contributed by atoms with E-state index in [0.717, 1.165) is 16.5 Å². The number of fused-ring (bicyclic) bond motifs is 1. The second-order valence-electron chi connectivity index (χ2n) is 8.12. The lowest BCUT2D eigenvalue weighted by Crippen LogP contribution is -2.35. The lowest BCUT2D eigenvalue weighted by molar-refractivity contribution is -0.175. The van der Waals surface area contributed by atoms with Crippen molar-refractivity contribution in [3.8, 4) is 5.75 Å². The van der Waals surface area contributed by atoms with E-state index in [1.54, 1.807) is 26.1 Å². The zero-order chi connectivity index (χ0) is 22.1. The maximum absolute atomic E-state index is 14.1. The number of nitrogens with zero attached hydrogens (tertiary/aromatic N) is 1. The van der Waals surface area contributed by atoms with Gasteiger partial charge < -0.3 is 10.1 Å². The molecule has 0 fully saturated rings. The summed E-state index contributed by atoms with van der Waals surface area (Å²) in [5.41, 5.74) is 1.64. The molecule has 0 saturated heterocycles. The molecule has 0 radical (unpaired) electrons. The molecule has 2 N–H and O–H groups in total. The number of benzene rings is 2. The Hall–Kier alpha value is -2.77. The van der Waals surface area contributed by atoms with Crippen molar-refractivity contribution < 1.29 is 22.3 Å². The van der Waals surface area contributed by atoms with Gasteiger partial charge in [-0.2, -0.15) is 18.3 Å². The number of aromatic nitrogens is 2. The van der Waals surface area contributed by atoms with Gasteiger partial charge >= 0.3 is 6.18 Å². The summed E-state index contributed by atoms with van der Waals surface area (Å²) in [5, 5.41) is 10.5. The van der Waals surface area contributed by atoms with Gasteiger partial charge in [-0.05, 0) is 36.5 Å². The maximum atomic E-state index is 14.1. The molecule has 0 saturated carbocycles. The summed E-state index contributed by atoms with van der Waals surface area (Å²) in [7, 11) is 1.31. The van der Waals surface area contributed by atoms with E-state index in [1.165, 1.54) is 19.2 Å². The van der Waals surface area contributed by atoms with Crippen LogP contribution in [0.25, 0.3) is 10.9 Å². The van der Waals surface area contributed by atoms with Gasteiger partial charge in [0.05, 0.1) is 24.7 Å². The highest BCUT2D eigenvalue weighted by molar-refractivity contribution is 5.92. The summed E-state index contributed by atoms with van der Waals surface area (Å²) in [5.74, 6) is -2.26. The molecule has 1 unspecified atom stereocenters. The van der Waals surface area contributed by atoms with E-state index in [4.69, 9.17) is 4.74 Å². The summed E-state index contributed by atoms with van der Waals surface area (Å²) in [6, 6.07) is 7.99. The number of nitrogens with one attached hydrogen (secondary N) is 2. The molecule has 162 valence electrons. The van der Waals surface area contributed by atoms with E-state index in [-0.39, 0.29) is 18.7 Å². The third kappa shape index (κ3) is 4.37. The second-order valence-corrected chi connectivity index (χ2v) is 8.12. The number of para-hydroxylation sites is 1. The lowest BCUT2D eigenvalue weighted by atomic mass is 9.76. The minimum absolute atomic E-state index is 0.0182. The van der Waals surface area contributed by atoms with Gasteiger partial charge in [-0.25, -0.2) is 4.39 Å². The van der Waals surface area contributed by atoms with Gasteiger partial charge in [-0.15, -0.1) is 0 Å². The Bertz CT molecular complexity index is 1030. The Morgan fingerprint density at radius 2 is 1.90 bits per heavy atom. The normalized spacial score (nSPS) is 13.5. The van der Waals surface area contributed by atoms with Gasteiger partial charge in [0.1, 0.15) is 0 Å². The summed E-state index contributed by atoms with van der Waals surface area (Å²) in [6.07, 6.45) is -3.07. The van der Waals surface area contributed by atoms with E-state index < -0.39 is 23.3 Å². The molecule has 1 aromatic heterocycles. The van der Waals surface area contributed by atoms with Gasteiger partial charge in [0.15, 0.2) is 11.6 Å². The molecule has 0 aliphatic heterocycles. The molecule has 0 amide bonds. The van der Waals surface area contributed by atoms with Gasteiger partial charge in [-0.3, -0.25) is 5.10 Å². The van der Waals surface area contributed by atoms with Crippen LogP contribution in [0.2, 0.25) is 0 Å². The van der Waals surface area contributed by atoms with E-state index in [0.29, 0.717) is 11.3 Å². The number of H-pyrrole nitrogens is 1. The van der Waals surface area contributed by atoms with Crippen LogP contribution in [0.5, 0.6) is 5.75 Å². The van der Waals surface area contributed by atoms with Crippen LogP contribution in [0.1, 0.15) is 31.4 Å². The topological polar surface area (TPSA) is 49.9 Å². The van der Waals surface area contributed by atoms with Crippen molar-refractivity contribution in [2.45, 2.75) is 38.8 Å². The van der Waals surface area contributed by atoms with Crippen molar-refractivity contribution in [1.82, 2.24) is 10.2 Å². The van der Waals surface area contributed by atoms with Crippen LogP contribution in [-0.4, -0.2) is 30.0 Å². The number of aromatic amines is 1. The molecule has 1 atom stereocenters. The predicted octanol–water partition coefficient (Wildman–Crippen LogP) is 5.98. The molecule has 0 aliphatic rings. The number of alkyl halides is 3. The van der Waals surface area contributed by atoms with Crippen molar-refractivity contribution >= 4 is 16.6 Å². The SMILES string of the molecule is COc1c(F)cccc1C(C)(C)CC(CNc1c(C)ccc2[nH]ncc12)C(F)(F)F. The first-order valence-electron chi connectivity index (χ1n) is 9.61. The number of hydrogen-bond acceptors (Lipinski definition) is 3. The smallest absolute Gasteiger partial charge is 0.393 e. The van der Waals surface area contributed by atoms with Gasteiger partial charge in [0, 0.05) is 23.2 Å². The highest BCUT2D eigenvalue weighted by atomic mass is 19.4. The van der Waals surface area contributed by atoms with Gasteiger partial charge in [0.2, 0.25) is 0 Å². The predicted molar refractivity (Wildman–Crippen MR) is 109 cm³/mol. The number of rotatable bonds is 7. The molecule has 4 nitrogen and oxygen atoms in total. The number of anilines is 1. The van der Waals surface area contributed by atoms with Crippen LogP contribution in [-0.2, 0) is 5.41 Å². The van der Waals surface area contributed by atoms with Gasteiger partial charge in [-0.1, -0.05) is 32.0 Å². The summed E-state index contributed by atoms with van der Waals surface area (Å²) >= 11 is 0. The Morgan fingerprint density at radius 1 is 1.17 bits per heavy atom. The highest BCUT2D eigenvalue weighted by Crippen LogP contribution is 2.42. The maximum Gasteiger partial charge on any atom is 0.393 e. The third-order valence-corrected chi connectivity index (χ3v) is 5.48. The molecule has 2 aromatic carbocycles. The molecule has 8 heteroatoms. The number of halogens is 4. The zero-order valence-electron chi connectivity index (χ0n) is 17.3. The Labute approximate surface area is 172 Å². The number of aryl methyl sites for hydroxylation is 1. The van der Waals surface area contributed by atoms with E-state index in [2.05, 4.69) is 15.5 Å². The highest BCUT2D eigenvalue weighted by Gasteiger charge is 2.43. The van der Waals surface area contributed by atoms with Crippen molar-refractivity contribution in [1.29, 1.82) is 0 Å². The molecule has 0 spiro atoms. The first-order valence-corrected chi connectivity index (χ1v) is 9.61. The Kier molecular flexibility index (Phi) is 5.97. The first kappa shape index (κ1) is 21.9. The molecule has 30 heavy (non-hydrogen) atoms. The van der Waals surface area contributed by atoms with Crippen LogP contribution in [0.15, 0.2) is 36.5 Å². The van der Waals surface area contributed by atoms with Crippen molar-refractivity contribution in [3.63, 3.8) is 0 Å². The van der Waals surface area contributed by atoms with Crippen LogP contribution in [0.4, 0.5) is 23.2 Å². The van der Waals surface area contributed by atoms with E-state index in [1.807, 2.05) is 19.1 Å². The fraction of sp³-hybridized carbons (Fsp3) is 0.409. The largest absolute Gasteiger partial charge is 0.493 e. The summed E-state index contributed by atoms with van der Waals surface area (Å²) in [6.45, 7) is 4.87.